The Morgan fingerprint density at radius 1 is 1.12 bits per heavy atom. The molecule has 0 N–H and O–H groups in total. The SMILES string of the molecule is C=CC(=C)CCc1ccc(CCCC)cc1. The summed E-state index contributed by atoms with van der Waals surface area (Å²) in [5.41, 5.74) is 3.96. The van der Waals surface area contributed by atoms with Crippen LogP contribution >= 0.6 is 0 Å². The van der Waals surface area contributed by atoms with Crippen LogP contribution in [0.25, 0.3) is 0 Å². The third-order valence-electron chi connectivity index (χ3n) is 2.87. The number of aryl methyl sites for hydroxylation is 2. The molecule has 0 aliphatic rings. The molecule has 0 aliphatic heterocycles. The van der Waals surface area contributed by atoms with Gasteiger partial charge in [0, 0.05) is 0 Å². The van der Waals surface area contributed by atoms with Gasteiger partial charge >= 0.3 is 0 Å². The molecule has 86 valence electrons. The molecule has 1 aromatic rings. The van der Waals surface area contributed by atoms with Crippen LogP contribution in [0.5, 0.6) is 0 Å². The minimum Gasteiger partial charge on any atom is -0.0988 e. The van der Waals surface area contributed by atoms with E-state index in [2.05, 4.69) is 44.3 Å². The first-order valence-electron chi connectivity index (χ1n) is 6.14. The smallest absolute Gasteiger partial charge is 0.0238 e. The molecule has 16 heavy (non-hydrogen) atoms. The van der Waals surface area contributed by atoms with Crippen LogP contribution in [0.2, 0.25) is 0 Å². The summed E-state index contributed by atoms with van der Waals surface area (Å²) in [5, 5.41) is 0. The van der Waals surface area contributed by atoms with Crippen molar-refractivity contribution in [2.75, 3.05) is 0 Å². The average molecular weight is 214 g/mol. The molecule has 0 saturated heterocycles. The van der Waals surface area contributed by atoms with Crippen LogP contribution in [0.1, 0.15) is 37.3 Å². The van der Waals surface area contributed by atoms with Crippen LogP contribution in [0.15, 0.2) is 49.1 Å². The van der Waals surface area contributed by atoms with Crippen molar-refractivity contribution in [1.29, 1.82) is 0 Å². The quantitative estimate of drug-likeness (QED) is 0.577. The molecule has 0 spiro atoms. The van der Waals surface area contributed by atoms with Gasteiger partial charge < -0.3 is 0 Å². The highest BCUT2D eigenvalue weighted by Gasteiger charge is 1.96. The normalized spacial score (nSPS) is 10.1. The zero-order valence-electron chi connectivity index (χ0n) is 10.3. The third-order valence-corrected chi connectivity index (χ3v) is 2.87. The molecule has 0 aliphatic carbocycles. The van der Waals surface area contributed by atoms with Gasteiger partial charge in [-0.3, -0.25) is 0 Å². The van der Waals surface area contributed by atoms with Gasteiger partial charge in [-0.15, -0.1) is 0 Å². The molecule has 1 aromatic carbocycles. The molecular weight excluding hydrogens is 192 g/mol. The highest BCUT2D eigenvalue weighted by Crippen LogP contribution is 2.11. The molecule has 0 amide bonds. The molecule has 0 aromatic heterocycles. The van der Waals surface area contributed by atoms with Gasteiger partial charge in [-0.1, -0.05) is 62.4 Å². The van der Waals surface area contributed by atoms with Crippen LogP contribution in [0, 0.1) is 0 Å². The van der Waals surface area contributed by atoms with Crippen LogP contribution in [-0.2, 0) is 12.8 Å². The zero-order chi connectivity index (χ0) is 11.8. The molecule has 0 fully saturated rings. The van der Waals surface area contributed by atoms with Crippen LogP contribution in [-0.4, -0.2) is 0 Å². The Kier molecular flexibility index (Phi) is 5.63. The summed E-state index contributed by atoms with van der Waals surface area (Å²) >= 11 is 0. The van der Waals surface area contributed by atoms with Gasteiger partial charge in [0.25, 0.3) is 0 Å². The summed E-state index contributed by atoms with van der Waals surface area (Å²) in [6.45, 7) is 9.88. The highest BCUT2D eigenvalue weighted by atomic mass is 14.0. The van der Waals surface area contributed by atoms with Gasteiger partial charge in [-0.2, -0.15) is 0 Å². The Labute approximate surface area is 99.7 Å². The first-order valence-corrected chi connectivity index (χ1v) is 6.14. The van der Waals surface area contributed by atoms with E-state index >= 15 is 0 Å². The van der Waals surface area contributed by atoms with E-state index in [9.17, 15) is 0 Å². The maximum absolute atomic E-state index is 3.93. The van der Waals surface area contributed by atoms with Crippen molar-refractivity contribution < 1.29 is 0 Å². The van der Waals surface area contributed by atoms with Gasteiger partial charge in [0.1, 0.15) is 0 Å². The van der Waals surface area contributed by atoms with Crippen molar-refractivity contribution in [2.45, 2.75) is 39.0 Å². The standard InChI is InChI=1S/C16H22/c1-4-6-7-15-10-12-16(13-11-15)9-8-14(3)5-2/h5,10-13H,2-4,6-9H2,1H3. The van der Waals surface area contributed by atoms with Gasteiger partial charge in [-0.25, -0.2) is 0 Å². The predicted octanol–water partition coefficient (Wildman–Crippen LogP) is 4.70. The largest absolute Gasteiger partial charge is 0.0988 e. The van der Waals surface area contributed by atoms with Gasteiger partial charge in [0.15, 0.2) is 0 Å². The summed E-state index contributed by atoms with van der Waals surface area (Å²) in [6.07, 6.45) is 7.68. The minimum absolute atomic E-state index is 1.01. The van der Waals surface area contributed by atoms with Gasteiger partial charge in [0.2, 0.25) is 0 Å². The second-order valence-electron chi connectivity index (χ2n) is 4.28. The first-order chi connectivity index (χ1) is 7.76. The molecule has 0 nitrogen and oxygen atoms in total. The van der Waals surface area contributed by atoms with Crippen LogP contribution in [0.4, 0.5) is 0 Å². The Balaban J connectivity index is 2.44. The molecule has 0 heteroatoms. The molecule has 0 radical (unpaired) electrons. The van der Waals surface area contributed by atoms with Crippen LogP contribution < -0.4 is 0 Å². The van der Waals surface area contributed by atoms with Crippen LogP contribution in [0.3, 0.4) is 0 Å². The molecule has 0 unspecified atom stereocenters. The Morgan fingerprint density at radius 3 is 2.19 bits per heavy atom. The highest BCUT2D eigenvalue weighted by molar-refractivity contribution is 5.24. The van der Waals surface area contributed by atoms with E-state index in [0.29, 0.717) is 0 Å². The van der Waals surface area contributed by atoms with Crippen molar-refractivity contribution in [1.82, 2.24) is 0 Å². The summed E-state index contributed by atoms with van der Waals surface area (Å²) in [6, 6.07) is 8.98. The lowest BCUT2D eigenvalue weighted by molar-refractivity contribution is 0.794. The maximum atomic E-state index is 3.93. The molecule has 1 rings (SSSR count). The Morgan fingerprint density at radius 2 is 1.69 bits per heavy atom. The van der Waals surface area contributed by atoms with Gasteiger partial charge in [0.05, 0.1) is 0 Å². The summed E-state index contributed by atoms with van der Waals surface area (Å²) in [4.78, 5) is 0. The molecule has 0 atom stereocenters. The molecule has 0 heterocycles. The lowest BCUT2D eigenvalue weighted by Crippen LogP contribution is -1.89. The van der Waals surface area contributed by atoms with E-state index in [-0.39, 0.29) is 0 Å². The minimum atomic E-state index is 1.01. The van der Waals surface area contributed by atoms with E-state index in [4.69, 9.17) is 0 Å². The number of benzene rings is 1. The second kappa shape index (κ2) is 7.05. The van der Waals surface area contributed by atoms with E-state index in [1.165, 1.54) is 30.4 Å². The summed E-state index contributed by atoms with van der Waals surface area (Å²) < 4.78 is 0. The number of hydrogen-bond acceptors (Lipinski definition) is 0. The predicted molar refractivity (Wildman–Crippen MR) is 72.7 cm³/mol. The number of allylic oxidation sites excluding steroid dienone is 2. The maximum Gasteiger partial charge on any atom is -0.0238 e. The monoisotopic (exact) mass is 214 g/mol. The Bertz CT molecular complexity index is 330. The van der Waals surface area contributed by atoms with Crippen molar-refractivity contribution in [3.63, 3.8) is 0 Å². The Hall–Kier alpha value is -1.30. The fraction of sp³-hybridized carbons (Fsp3) is 0.375. The van der Waals surface area contributed by atoms with Crippen molar-refractivity contribution in [3.05, 3.63) is 60.2 Å². The van der Waals surface area contributed by atoms with E-state index in [1.807, 2.05) is 6.08 Å². The fourth-order valence-corrected chi connectivity index (χ4v) is 1.66. The third kappa shape index (κ3) is 4.48. The lowest BCUT2D eigenvalue weighted by atomic mass is 10.0. The summed E-state index contributed by atoms with van der Waals surface area (Å²) in [5.74, 6) is 0. The van der Waals surface area contributed by atoms with E-state index in [1.54, 1.807) is 0 Å². The lowest BCUT2D eigenvalue weighted by Gasteiger charge is -2.04. The number of hydrogen-bond donors (Lipinski definition) is 0. The second-order valence-corrected chi connectivity index (χ2v) is 4.28. The zero-order valence-corrected chi connectivity index (χ0v) is 10.3. The topological polar surface area (TPSA) is 0 Å². The van der Waals surface area contributed by atoms with Crippen molar-refractivity contribution in [2.24, 2.45) is 0 Å². The molecular formula is C16H22. The number of unbranched alkanes of at least 4 members (excludes halogenated alkanes) is 1. The summed E-state index contributed by atoms with van der Waals surface area (Å²) in [7, 11) is 0. The average Bonchev–Trinajstić information content (AvgIpc) is 2.34. The first kappa shape index (κ1) is 12.8. The van der Waals surface area contributed by atoms with E-state index in [0.717, 1.165) is 18.4 Å². The number of rotatable bonds is 7. The molecule has 0 bridgehead atoms. The van der Waals surface area contributed by atoms with Crippen molar-refractivity contribution in [3.8, 4) is 0 Å². The molecule has 0 saturated carbocycles. The van der Waals surface area contributed by atoms with Gasteiger partial charge in [-0.05, 0) is 36.8 Å². The fourth-order valence-electron chi connectivity index (χ4n) is 1.66. The van der Waals surface area contributed by atoms with Crippen molar-refractivity contribution >= 4 is 0 Å². The van der Waals surface area contributed by atoms with E-state index < -0.39 is 0 Å².